The van der Waals surface area contributed by atoms with Crippen molar-refractivity contribution in [2.45, 2.75) is 18.8 Å². The molecule has 0 aliphatic heterocycles. The summed E-state index contributed by atoms with van der Waals surface area (Å²) in [5.74, 6) is -0.356. The van der Waals surface area contributed by atoms with Crippen molar-refractivity contribution in [3.63, 3.8) is 0 Å². The molecule has 2 aromatic carbocycles. The van der Waals surface area contributed by atoms with E-state index in [2.05, 4.69) is 5.32 Å². The predicted octanol–water partition coefficient (Wildman–Crippen LogP) is 2.43. The van der Waals surface area contributed by atoms with Crippen molar-refractivity contribution in [1.29, 1.82) is 0 Å². The molecule has 1 amide bonds. The van der Waals surface area contributed by atoms with Crippen LogP contribution in [-0.4, -0.2) is 46.9 Å². The number of esters is 1. The first-order valence-electron chi connectivity index (χ1n) is 8.63. The van der Waals surface area contributed by atoms with Gasteiger partial charge in [-0.25, -0.2) is 13.2 Å². The summed E-state index contributed by atoms with van der Waals surface area (Å²) in [7, 11) is -0.179. The van der Waals surface area contributed by atoms with Crippen molar-refractivity contribution < 1.29 is 32.2 Å². The summed E-state index contributed by atoms with van der Waals surface area (Å²) in [6, 6.07) is 10.9. The molecule has 0 bridgehead atoms. The molecular weight excluding hydrogens is 398 g/mol. The van der Waals surface area contributed by atoms with Gasteiger partial charge in [0.15, 0.2) is 27.4 Å². The average molecular weight is 421 g/mol. The molecule has 0 fully saturated rings. The van der Waals surface area contributed by atoms with Crippen molar-refractivity contribution in [2.75, 3.05) is 25.8 Å². The van der Waals surface area contributed by atoms with Crippen LogP contribution in [0.15, 0.2) is 42.5 Å². The highest BCUT2D eigenvalue weighted by molar-refractivity contribution is 7.89. The minimum Gasteiger partial charge on any atom is -0.493 e. The fourth-order valence-corrected chi connectivity index (χ4v) is 3.28. The van der Waals surface area contributed by atoms with Crippen LogP contribution in [-0.2, 0) is 25.1 Å². The summed E-state index contributed by atoms with van der Waals surface area (Å²) < 4.78 is 38.1. The first-order valence-corrected chi connectivity index (χ1v) is 10.7. The normalized spacial score (nSPS) is 12.0. The number of rotatable bonds is 8. The van der Waals surface area contributed by atoms with Gasteiger partial charge in [-0.2, -0.15) is 0 Å². The highest BCUT2D eigenvalue weighted by Crippen LogP contribution is 2.29. The lowest BCUT2D eigenvalue weighted by Crippen LogP contribution is -2.30. The van der Waals surface area contributed by atoms with Gasteiger partial charge in [-0.3, -0.25) is 4.79 Å². The maximum atomic E-state index is 12.3. The Balaban J connectivity index is 1.99. The van der Waals surface area contributed by atoms with Gasteiger partial charge < -0.3 is 19.5 Å². The van der Waals surface area contributed by atoms with Gasteiger partial charge in [-0.15, -0.1) is 0 Å². The van der Waals surface area contributed by atoms with Crippen molar-refractivity contribution >= 4 is 27.4 Å². The summed E-state index contributed by atoms with van der Waals surface area (Å²) in [4.78, 5) is 24.6. The number of methoxy groups -OCH3 is 2. The second-order valence-electron chi connectivity index (χ2n) is 6.37. The third kappa shape index (κ3) is 6.49. The van der Waals surface area contributed by atoms with E-state index in [9.17, 15) is 18.0 Å². The molecule has 0 radical (unpaired) electrons. The van der Waals surface area contributed by atoms with Crippen LogP contribution < -0.4 is 14.8 Å². The molecule has 8 nitrogen and oxygen atoms in total. The first-order chi connectivity index (χ1) is 13.6. The van der Waals surface area contributed by atoms with Crippen molar-refractivity contribution in [3.05, 3.63) is 53.6 Å². The number of hydrogen-bond donors (Lipinski definition) is 1. The van der Waals surface area contributed by atoms with Gasteiger partial charge in [0.25, 0.3) is 5.91 Å². The number of amides is 1. The minimum absolute atomic E-state index is 0.119. The van der Waals surface area contributed by atoms with Crippen LogP contribution in [0, 0.1) is 0 Å². The Morgan fingerprint density at radius 2 is 1.62 bits per heavy atom. The average Bonchev–Trinajstić information content (AvgIpc) is 2.67. The van der Waals surface area contributed by atoms with Gasteiger partial charge in [-0.05, 0) is 36.8 Å². The van der Waals surface area contributed by atoms with E-state index in [1.165, 1.54) is 45.4 Å². The molecule has 2 aromatic rings. The number of benzene rings is 2. The van der Waals surface area contributed by atoms with E-state index < -0.39 is 27.8 Å². The van der Waals surface area contributed by atoms with Gasteiger partial charge in [-0.1, -0.05) is 12.1 Å². The number of nitrogens with one attached hydrogen (secondary N) is 1. The van der Waals surface area contributed by atoms with E-state index in [-0.39, 0.29) is 11.3 Å². The van der Waals surface area contributed by atoms with E-state index in [0.29, 0.717) is 22.7 Å². The molecule has 0 heterocycles. The van der Waals surface area contributed by atoms with Crippen LogP contribution >= 0.6 is 0 Å². The maximum Gasteiger partial charge on any atom is 0.338 e. The zero-order valence-electron chi connectivity index (χ0n) is 16.6. The molecule has 1 atom stereocenters. The van der Waals surface area contributed by atoms with Gasteiger partial charge in [0.2, 0.25) is 0 Å². The van der Waals surface area contributed by atoms with Gasteiger partial charge in [0, 0.05) is 18.0 Å². The maximum absolute atomic E-state index is 12.3. The van der Waals surface area contributed by atoms with Crippen LogP contribution in [0.3, 0.4) is 0 Å². The smallest absolute Gasteiger partial charge is 0.338 e. The molecular formula is C20H23NO7S. The molecule has 0 unspecified atom stereocenters. The van der Waals surface area contributed by atoms with Crippen molar-refractivity contribution in [2.24, 2.45) is 0 Å². The second-order valence-corrected chi connectivity index (χ2v) is 8.51. The third-order valence-electron chi connectivity index (χ3n) is 3.92. The summed E-state index contributed by atoms with van der Waals surface area (Å²) in [6.07, 6.45) is 0.0831. The quantitative estimate of drug-likeness (QED) is 0.652. The fraction of sp³-hybridized carbons (Fsp3) is 0.300. The molecule has 1 N–H and O–H groups in total. The number of carbonyl (C=O) groups excluding carboxylic acids is 2. The van der Waals surface area contributed by atoms with E-state index in [1.54, 1.807) is 18.2 Å². The zero-order valence-corrected chi connectivity index (χ0v) is 17.4. The highest BCUT2D eigenvalue weighted by Gasteiger charge is 2.20. The monoisotopic (exact) mass is 421 g/mol. The number of ether oxygens (including phenoxy) is 3. The van der Waals surface area contributed by atoms with E-state index >= 15 is 0 Å². The van der Waals surface area contributed by atoms with Crippen LogP contribution in [0.1, 0.15) is 22.8 Å². The summed E-state index contributed by atoms with van der Waals surface area (Å²) in [5.41, 5.74) is 1.23. The van der Waals surface area contributed by atoms with Gasteiger partial charge >= 0.3 is 5.97 Å². The Labute approximate surface area is 169 Å². The zero-order chi connectivity index (χ0) is 21.6. The van der Waals surface area contributed by atoms with Crippen molar-refractivity contribution in [1.82, 2.24) is 0 Å². The third-order valence-corrected chi connectivity index (χ3v) is 4.78. The Morgan fingerprint density at radius 1 is 1.00 bits per heavy atom. The molecule has 0 aliphatic carbocycles. The first kappa shape index (κ1) is 22.2. The number of anilines is 1. The fourth-order valence-electron chi connectivity index (χ4n) is 2.48. The van der Waals surface area contributed by atoms with Crippen LogP contribution in [0.5, 0.6) is 11.5 Å². The van der Waals surface area contributed by atoms with Gasteiger partial charge in [0.05, 0.1) is 25.5 Å². The molecule has 2 rings (SSSR count). The molecule has 0 saturated heterocycles. The Bertz CT molecular complexity index is 984. The molecule has 0 spiro atoms. The summed E-state index contributed by atoms with van der Waals surface area (Å²) in [6.45, 7) is 1.45. The van der Waals surface area contributed by atoms with E-state index in [1.807, 2.05) is 0 Å². The largest absolute Gasteiger partial charge is 0.493 e. The summed E-state index contributed by atoms with van der Waals surface area (Å²) in [5, 5.41) is 2.64. The molecule has 29 heavy (non-hydrogen) atoms. The van der Waals surface area contributed by atoms with Gasteiger partial charge in [0.1, 0.15) is 0 Å². The van der Waals surface area contributed by atoms with Crippen LogP contribution in [0.2, 0.25) is 0 Å². The SMILES string of the molecule is COc1ccc(NC(=O)[C@@H](C)OC(=O)c2ccc(CS(C)(=O)=O)cc2)cc1OC. The highest BCUT2D eigenvalue weighted by atomic mass is 32.2. The number of hydrogen-bond acceptors (Lipinski definition) is 7. The minimum atomic E-state index is -3.17. The molecule has 0 aliphatic rings. The molecule has 0 saturated carbocycles. The number of carbonyl (C=O) groups is 2. The molecule has 9 heteroatoms. The summed E-state index contributed by atoms with van der Waals surface area (Å²) >= 11 is 0. The van der Waals surface area contributed by atoms with E-state index in [4.69, 9.17) is 14.2 Å². The molecule has 156 valence electrons. The topological polar surface area (TPSA) is 108 Å². The molecule has 0 aromatic heterocycles. The Hall–Kier alpha value is -3.07. The Kier molecular flexibility index (Phi) is 7.22. The lowest BCUT2D eigenvalue weighted by molar-refractivity contribution is -0.123. The van der Waals surface area contributed by atoms with E-state index in [0.717, 1.165) is 6.26 Å². The lowest BCUT2D eigenvalue weighted by Gasteiger charge is -2.15. The standard InChI is InChI=1S/C20H23NO7S/c1-13(19(22)21-16-9-10-17(26-2)18(11-16)27-3)28-20(23)15-7-5-14(6-8-15)12-29(4,24)25/h5-11,13H,12H2,1-4H3,(H,21,22)/t13-/m1/s1. The van der Waals surface area contributed by atoms with Crippen LogP contribution in [0.4, 0.5) is 5.69 Å². The van der Waals surface area contributed by atoms with Crippen molar-refractivity contribution in [3.8, 4) is 11.5 Å². The predicted molar refractivity (Wildman–Crippen MR) is 108 cm³/mol. The lowest BCUT2D eigenvalue weighted by atomic mass is 10.1. The van der Waals surface area contributed by atoms with Crippen LogP contribution in [0.25, 0.3) is 0 Å². The second kappa shape index (κ2) is 9.42. The Morgan fingerprint density at radius 3 is 2.17 bits per heavy atom. The number of sulfone groups is 1.